The molecule has 21 heavy (non-hydrogen) atoms. The molecule has 0 bridgehead atoms. The van der Waals surface area contributed by atoms with Crippen LogP contribution in [0, 0.1) is 0 Å². The van der Waals surface area contributed by atoms with Gasteiger partial charge < -0.3 is 9.67 Å². The van der Waals surface area contributed by atoms with Crippen molar-refractivity contribution in [2.75, 3.05) is 0 Å². The lowest BCUT2D eigenvalue weighted by Crippen LogP contribution is -2.23. The van der Waals surface area contributed by atoms with Crippen LogP contribution in [0.3, 0.4) is 0 Å². The first-order valence-corrected chi connectivity index (χ1v) is 7.17. The maximum Gasteiger partial charge on any atom is 0.335 e. The first-order chi connectivity index (χ1) is 10.1. The van der Waals surface area contributed by atoms with E-state index in [1.54, 1.807) is 16.7 Å². The predicted molar refractivity (Wildman–Crippen MR) is 80.2 cm³/mol. The fourth-order valence-corrected chi connectivity index (χ4v) is 3.03. The second kappa shape index (κ2) is 5.37. The standard InChI is InChI=1S/C16H14ClNO3/c17-13-8-11(16(20)21)4-5-12(13)9-18-14-3-1-2-10(14)6-7-15(18)19/h4-8H,1-3,9H2,(H,20,21). The molecule has 0 atom stereocenters. The number of pyridine rings is 1. The minimum atomic E-state index is -1.01. The molecule has 0 spiro atoms. The molecule has 1 N–H and O–H groups in total. The highest BCUT2D eigenvalue weighted by Crippen LogP contribution is 2.23. The molecule has 4 nitrogen and oxygen atoms in total. The summed E-state index contributed by atoms with van der Waals surface area (Å²) in [5.41, 5.74) is 3.14. The van der Waals surface area contributed by atoms with Crippen molar-refractivity contribution in [2.45, 2.75) is 25.8 Å². The predicted octanol–water partition coefficient (Wildman–Crippen LogP) is 2.74. The van der Waals surface area contributed by atoms with E-state index >= 15 is 0 Å². The fraction of sp³-hybridized carbons (Fsp3) is 0.250. The number of aromatic carboxylic acids is 1. The van der Waals surface area contributed by atoms with E-state index in [0.717, 1.165) is 30.5 Å². The third-order valence-electron chi connectivity index (χ3n) is 3.88. The highest BCUT2D eigenvalue weighted by molar-refractivity contribution is 6.31. The molecule has 0 aliphatic heterocycles. The summed E-state index contributed by atoms with van der Waals surface area (Å²) in [6.45, 7) is 0.376. The van der Waals surface area contributed by atoms with Crippen LogP contribution in [0.1, 0.15) is 33.6 Å². The minimum absolute atomic E-state index is 0.0472. The van der Waals surface area contributed by atoms with E-state index in [2.05, 4.69) is 0 Å². The van der Waals surface area contributed by atoms with E-state index in [4.69, 9.17) is 16.7 Å². The number of rotatable bonds is 3. The lowest BCUT2D eigenvalue weighted by molar-refractivity contribution is 0.0697. The highest BCUT2D eigenvalue weighted by atomic mass is 35.5. The van der Waals surface area contributed by atoms with Crippen LogP contribution in [0.25, 0.3) is 0 Å². The number of hydrogen-bond donors (Lipinski definition) is 1. The molecule has 3 rings (SSSR count). The minimum Gasteiger partial charge on any atom is -0.478 e. The SMILES string of the molecule is O=C(O)c1ccc(Cn2c3c(ccc2=O)CCC3)c(Cl)c1. The Hall–Kier alpha value is -2.07. The average Bonchev–Trinajstić information content (AvgIpc) is 2.92. The molecular formula is C16H14ClNO3. The van der Waals surface area contributed by atoms with Gasteiger partial charge in [-0.15, -0.1) is 0 Å². The van der Waals surface area contributed by atoms with Crippen LogP contribution in [0.5, 0.6) is 0 Å². The number of carbonyl (C=O) groups is 1. The van der Waals surface area contributed by atoms with E-state index < -0.39 is 5.97 Å². The van der Waals surface area contributed by atoms with Gasteiger partial charge >= 0.3 is 5.97 Å². The number of aromatic nitrogens is 1. The number of benzene rings is 1. The van der Waals surface area contributed by atoms with E-state index in [9.17, 15) is 9.59 Å². The summed E-state index contributed by atoms with van der Waals surface area (Å²) in [6.07, 6.45) is 2.96. The molecule has 0 saturated carbocycles. The molecule has 0 radical (unpaired) electrons. The zero-order chi connectivity index (χ0) is 15.0. The van der Waals surface area contributed by atoms with Crippen LogP contribution in [0.4, 0.5) is 0 Å². The van der Waals surface area contributed by atoms with Gasteiger partial charge in [-0.2, -0.15) is 0 Å². The van der Waals surface area contributed by atoms with Gasteiger partial charge in [0.1, 0.15) is 0 Å². The first kappa shape index (κ1) is 13.9. The zero-order valence-electron chi connectivity index (χ0n) is 11.3. The van der Waals surface area contributed by atoms with E-state index in [1.165, 1.54) is 17.7 Å². The molecule has 2 aromatic rings. The monoisotopic (exact) mass is 303 g/mol. The normalized spacial score (nSPS) is 13.2. The number of fused-ring (bicyclic) bond motifs is 1. The van der Waals surface area contributed by atoms with Crippen molar-refractivity contribution >= 4 is 17.6 Å². The summed E-state index contributed by atoms with van der Waals surface area (Å²) in [4.78, 5) is 23.0. The molecule has 0 saturated heterocycles. The van der Waals surface area contributed by atoms with Crippen LogP contribution in [0.2, 0.25) is 5.02 Å². The maximum absolute atomic E-state index is 12.1. The second-order valence-corrected chi connectivity index (χ2v) is 5.60. The van der Waals surface area contributed by atoms with Crippen molar-refractivity contribution in [3.63, 3.8) is 0 Å². The lowest BCUT2D eigenvalue weighted by atomic mass is 10.1. The van der Waals surface area contributed by atoms with Crippen molar-refractivity contribution in [3.8, 4) is 0 Å². The van der Waals surface area contributed by atoms with E-state index in [1.807, 2.05) is 6.07 Å². The van der Waals surface area contributed by atoms with Gasteiger partial charge in [-0.05, 0) is 42.5 Å². The maximum atomic E-state index is 12.1. The molecule has 1 heterocycles. The first-order valence-electron chi connectivity index (χ1n) is 6.79. The Bertz CT molecular complexity index is 780. The van der Waals surface area contributed by atoms with Gasteiger partial charge in [0.25, 0.3) is 5.56 Å². The summed E-state index contributed by atoms with van der Waals surface area (Å²) in [7, 11) is 0. The average molecular weight is 304 g/mol. The summed E-state index contributed by atoms with van der Waals surface area (Å²) in [6, 6.07) is 8.09. The Kier molecular flexibility index (Phi) is 3.55. The number of nitrogens with zero attached hydrogens (tertiary/aromatic N) is 1. The third-order valence-corrected chi connectivity index (χ3v) is 4.23. The molecule has 5 heteroatoms. The summed E-state index contributed by atoms with van der Waals surface area (Å²) in [5.74, 6) is -1.01. The van der Waals surface area contributed by atoms with Gasteiger partial charge in [-0.1, -0.05) is 23.7 Å². The Labute approximate surface area is 126 Å². The fourth-order valence-electron chi connectivity index (χ4n) is 2.79. The van der Waals surface area contributed by atoms with Gasteiger partial charge in [0.15, 0.2) is 0 Å². The van der Waals surface area contributed by atoms with E-state index in [0.29, 0.717) is 11.6 Å². The van der Waals surface area contributed by atoms with Gasteiger partial charge in [0.2, 0.25) is 0 Å². The smallest absolute Gasteiger partial charge is 0.335 e. The van der Waals surface area contributed by atoms with Crippen LogP contribution < -0.4 is 5.56 Å². The quantitative estimate of drug-likeness (QED) is 0.948. The lowest BCUT2D eigenvalue weighted by Gasteiger charge is -2.13. The Morgan fingerprint density at radius 1 is 1.24 bits per heavy atom. The van der Waals surface area contributed by atoms with Crippen molar-refractivity contribution in [2.24, 2.45) is 0 Å². The molecule has 1 aromatic carbocycles. The molecule has 1 aliphatic rings. The van der Waals surface area contributed by atoms with Crippen molar-refractivity contribution in [1.29, 1.82) is 0 Å². The summed E-state index contributed by atoms with van der Waals surface area (Å²) in [5, 5.41) is 9.32. The zero-order valence-corrected chi connectivity index (χ0v) is 12.1. The van der Waals surface area contributed by atoms with Crippen molar-refractivity contribution in [3.05, 3.63) is 68.1 Å². The summed E-state index contributed by atoms with van der Waals surface area (Å²) < 4.78 is 1.74. The molecule has 0 amide bonds. The second-order valence-electron chi connectivity index (χ2n) is 5.19. The molecule has 0 unspecified atom stereocenters. The van der Waals surface area contributed by atoms with Gasteiger partial charge in [0, 0.05) is 16.8 Å². The highest BCUT2D eigenvalue weighted by Gasteiger charge is 2.17. The molecule has 108 valence electrons. The number of aryl methyl sites for hydroxylation is 1. The van der Waals surface area contributed by atoms with Crippen LogP contribution in [-0.2, 0) is 19.4 Å². The molecule has 1 aromatic heterocycles. The molecule has 1 aliphatic carbocycles. The topological polar surface area (TPSA) is 59.3 Å². The molecular weight excluding hydrogens is 290 g/mol. The van der Waals surface area contributed by atoms with Crippen molar-refractivity contribution in [1.82, 2.24) is 4.57 Å². The Morgan fingerprint density at radius 2 is 2.05 bits per heavy atom. The largest absolute Gasteiger partial charge is 0.478 e. The number of hydrogen-bond acceptors (Lipinski definition) is 2. The van der Waals surface area contributed by atoms with Crippen LogP contribution in [-0.4, -0.2) is 15.6 Å². The Balaban J connectivity index is 2.00. The number of carboxylic acids is 1. The Morgan fingerprint density at radius 3 is 2.76 bits per heavy atom. The molecule has 0 fully saturated rings. The van der Waals surface area contributed by atoms with Crippen molar-refractivity contribution < 1.29 is 9.90 Å². The summed E-state index contributed by atoms with van der Waals surface area (Å²) >= 11 is 6.15. The third kappa shape index (κ3) is 2.59. The van der Waals surface area contributed by atoms with Gasteiger partial charge in [-0.25, -0.2) is 4.79 Å². The number of halogens is 1. The number of carboxylic acid groups (broad SMARTS) is 1. The van der Waals surface area contributed by atoms with E-state index in [-0.39, 0.29) is 11.1 Å². The van der Waals surface area contributed by atoms with Crippen LogP contribution in [0.15, 0.2) is 35.1 Å². The van der Waals surface area contributed by atoms with Crippen LogP contribution >= 0.6 is 11.6 Å². The van der Waals surface area contributed by atoms with Gasteiger partial charge in [0.05, 0.1) is 12.1 Å². The van der Waals surface area contributed by atoms with Gasteiger partial charge in [-0.3, -0.25) is 4.79 Å².